The first-order valence-electron chi connectivity index (χ1n) is 12.2. The Bertz CT molecular complexity index is 1730. The van der Waals surface area contributed by atoms with E-state index < -0.39 is 29.4 Å². The van der Waals surface area contributed by atoms with Crippen LogP contribution >= 0.6 is 11.3 Å². The monoisotopic (exact) mass is 546 g/mol. The average Bonchev–Trinajstić information content (AvgIpc) is 3.35. The molecule has 11 heteroatoms. The second-order valence-electron chi connectivity index (χ2n) is 9.38. The van der Waals surface area contributed by atoms with Crippen molar-refractivity contribution < 1.29 is 23.9 Å². The SMILES string of the molecule is COc1ccc([C@H]2C(C(=O)OC(C)C)=C(C)N=c3s/c(=C4\C(=O)N(CC(N)=O)c5ccccc54)c(=O)n32)cc1. The zero-order chi connectivity index (χ0) is 28.0. The van der Waals surface area contributed by atoms with Crippen LogP contribution < -0.4 is 30.3 Å². The molecule has 1 aromatic heterocycles. The van der Waals surface area contributed by atoms with Crippen molar-refractivity contribution in [1.82, 2.24) is 4.57 Å². The number of hydrogen-bond donors (Lipinski definition) is 1. The number of fused-ring (bicyclic) bond motifs is 2. The quantitative estimate of drug-likeness (QED) is 0.465. The second kappa shape index (κ2) is 9.99. The summed E-state index contributed by atoms with van der Waals surface area (Å²) in [5, 5.41) is 0. The molecule has 2 aliphatic heterocycles. The van der Waals surface area contributed by atoms with Crippen LogP contribution in [0.15, 0.2) is 69.6 Å². The van der Waals surface area contributed by atoms with Crippen molar-refractivity contribution in [2.24, 2.45) is 10.7 Å². The van der Waals surface area contributed by atoms with E-state index in [1.807, 2.05) is 0 Å². The predicted molar refractivity (Wildman–Crippen MR) is 145 cm³/mol. The molecule has 2 aromatic carbocycles. The maximum atomic E-state index is 14.1. The number of nitrogens with two attached hydrogens (primary N) is 1. The van der Waals surface area contributed by atoms with Gasteiger partial charge in [0, 0.05) is 5.56 Å². The van der Waals surface area contributed by atoms with E-state index in [1.165, 1.54) is 9.47 Å². The molecule has 2 aliphatic rings. The van der Waals surface area contributed by atoms with Crippen LogP contribution in [0.2, 0.25) is 0 Å². The van der Waals surface area contributed by atoms with E-state index in [9.17, 15) is 19.2 Å². The maximum absolute atomic E-state index is 14.1. The Morgan fingerprint density at radius 2 is 1.79 bits per heavy atom. The molecule has 5 rings (SSSR count). The molecule has 200 valence electrons. The van der Waals surface area contributed by atoms with E-state index in [4.69, 9.17) is 15.2 Å². The number of anilines is 1. The molecule has 2 amide bonds. The highest BCUT2D eigenvalue weighted by Crippen LogP contribution is 2.35. The van der Waals surface area contributed by atoms with Gasteiger partial charge >= 0.3 is 5.97 Å². The fraction of sp³-hybridized carbons (Fsp3) is 0.250. The van der Waals surface area contributed by atoms with Crippen molar-refractivity contribution in [2.75, 3.05) is 18.6 Å². The van der Waals surface area contributed by atoms with Gasteiger partial charge in [0.1, 0.15) is 16.8 Å². The summed E-state index contributed by atoms with van der Waals surface area (Å²) in [4.78, 5) is 58.9. The largest absolute Gasteiger partial charge is 0.497 e. The Hall–Kier alpha value is -4.51. The van der Waals surface area contributed by atoms with Crippen molar-refractivity contribution in [2.45, 2.75) is 32.9 Å². The van der Waals surface area contributed by atoms with Gasteiger partial charge in [0.15, 0.2) is 4.80 Å². The summed E-state index contributed by atoms with van der Waals surface area (Å²) in [6.45, 7) is 4.86. The number of thiazole rings is 1. The number of rotatable bonds is 6. The number of benzene rings is 2. The average molecular weight is 547 g/mol. The highest BCUT2D eigenvalue weighted by Gasteiger charge is 2.37. The van der Waals surface area contributed by atoms with Crippen LogP contribution in [0.5, 0.6) is 5.75 Å². The van der Waals surface area contributed by atoms with E-state index in [1.54, 1.807) is 76.4 Å². The van der Waals surface area contributed by atoms with Gasteiger partial charge in [-0.1, -0.05) is 41.7 Å². The molecular weight excluding hydrogens is 520 g/mol. The van der Waals surface area contributed by atoms with E-state index in [0.717, 1.165) is 11.3 Å². The molecule has 0 fully saturated rings. The van der Waals surface area contributed by atoms with Gasteiger partial charge in [-0.25, -0.2) is 9.79 Å². The van der Waals surface area contributed by atoms with Gasteiger partial charge in [-0.05, 0) is 44.5 Å². The number of para-hydroxylation sites is 1. The number of amides is 2. The molecule has 0 aliphatic carbocycles. The van der Waals surface area contributed by atoms with Gasteiger partial charge in [0.05, 0.1) is 41.8 Å². The maximum Gasteiger partial charge on any atom is 0.338 e. The molecule has 0 bridgehead atoms. The topological polar surface area (TPSA) is 133 Å². The van der Waals surface area contributed by atoms with Crippen LogP contribution in [0.25, 0.3) is 5.57 Å². The fourth-order valence-corrected chi connectivity index (χ4v) is 5.96. The van der Waals surface area contributed by atoms with Gasteiger partial charge in [-0.2, -0.15) is 0 Å². The number of allylic oxidation sites excluding steroid dienone is 1. The van der Waals surface area contributed by atoms with Crippen LogP contribution in [0.4, 0.5) is 5.69 Å². The number of esters is 1. The third-order valence-electron chi connectivity index (χ3n) is 6.46. The lowest BCUT2D eigenvalue weighted by molar-refractivity contribution is -0.143. The number of primary amides is 1. The van der Waals surface area contributed by atoms with Crippen LogP contribution in [-0.2, 0) is 19.1 Å². The lowest BCUT2D eigenvalue weighted by Crippen LogP contribution is -2.41. The van der Waals surface area contributed by atoms with Crippen molar-refractivity contribution in [3.05, 3.63) is 90.6 Å². The molecule has 0 saturated heterocycles. The minimum atomic E-state index is -0.846. The number of carbonyl (C=O) groups excluding carboxylic acids is 3. The van der Waals surface area contributed by atoms with Crippen LogP contribution in [-0.4, -0.2) is 42.1 Å². The molecule has 3 aromatic rings. The minimum Gasteiger partial charge on any atom is -0.497 e. The van der Waals surface area contributed by atoms with Gasteiger partial charge in [-0.3, -0.25) is 23.9 Å². The summed E-state index contributed by atoms with van der Waals surface area (Å²) in [6.07, 6.45) is -0.384. The first-order valence-corrected chi connectivity index (χ1v) is 13.0. The lowest BCUT2D eigenvalue weighted by atomic mass is 9.95. The molecule has 0 spiro atoms. The van der Waals surface area contributed by atoms with E-state index >= 15 is 0 Å². The minimum absolute atomic E-state index is 0.156. The van der Waals surface area contributed by atoms with Gasteiger partial charge in [0.2, 0.25) is 5.91 Å². The molecule has 0 saturated carbocycles. The Balaban J connectivity index is 1.78. The molecule has 10 nitrogen and oxygen atoms in total. The predicted octanol–water partition coefficient (Wildman–Crippen LogP) is 1.40. The first-order chi connectivity index (χ1) is 18.6. The van der Waals surface area contributed by atoms with Crippen molar-refractivity contribution >= 4 is 40.4 Å². The van der Waals surface area contributed by atoms with E-state index in [-0.39, 0.29) is 28.3 Å². The summed E-state index contributed by atoms with van der Waals surface area (Å²) < 4.78 is 12.4. The summed E-state index contributed by atoms with van der Waals surface area (Å²) in [7, 11) is 1.55. The van der Waals surface area contributed by atoms with E-state index in [0.29, 0.717) is 33.1 Å². The van der Waals surface area contributed by atoms with Crippen LogP contribution in [0.3, 0.4) is 0 Å². The normalized spacial score (nSPS) is 17.6. The van der Waals surface area contributed by atoms with Crippen molar-refractivity contribution in [3.8, 4) is 5.75 Å². The lowest BCUT2D eigenvalue weighted by Gasteiger charge is -2.25. The second-order valence-corrected chi connectivity index (χ2v) is 10.4. The Kier molecular flexibility index (Phi) is 6.69. The zero-order valence-corrected chi connectivity index (χ0v) is 22.6. The Labute approximate surface area is 227 Å². The Morgan fingerprint density at radius 3 is 2.44 bits per heavy atom. The summed E-state index contributed by atoms with van der Waals surface area (Å²) in [5.74, 6) is -1.15. The van der Waals surface area contributed by atoms with E-state index in [2.05, 4.69) is 4.99 Å². The standard InChI is InChI=1S/C28H26N4O6S/c1-14(2)38-27(36)21-15(3)30-28-32(23(21)16-9-11-17(37-4)12-10-16)26(35)24(39-28)22-18-7-5-6-8-19(18)31(25(22)34)13-20(29)33/h5-12,14,23H,13H2,1-4H3,(H2,29,33)/b24-22-/t23-/m0/s1. The number of ether oxygens (including phenoxy) is 2. The highest BCUT2D eigenvalue weighted by molar-refractivity contribution is 7.07. The third-order valence-corrected chi connectivity index (χ3v) is 7.51. The molecular formula is C28H26N4O6S. The van der Waals surface area contributed by atoms with Crippen molar-refractivity contribution in [3.63, 3.8) is 0 Å². The number of nitrogens with zero attached hydrogens (tertiary/aromatic N) is 3. The van der Waals surface area contributed by atoms with Gasteiger partial charge in [-0.15, -0.1) is 0 Å². The number of carbonyl (C=O) groups is 3. The fourth-order valence-electron chi connectivity index (χ4n) is 4.82. The molecule has 1 atom stereocenters. The molecule has 0 unspecified atom stereocenters. The van der Waals surface area contributed by atoms with Crippen LogP contribution in [0.1, 0.15) is 37.9 Å². The van der Waals surface area contributed by atoms with Gasteiger partial charge in [0.25, 0.3) is 11.5 Å². The molecule has 39 heavy (non-hydrogen) atoms. The molecule has 2 N–H and O–H groups in total. The number of hydrogen-bond acceptors (Lipinski definition) is 8. The third kappa shape index (κ3) is 4.44. The zero-order valence-electron chi connectivity index (χ0n) is 21.8. The molecule has 0 radical (unpaired) electrons. The van der Waals surface area contributed by atoms with Crippen LogP contribution in [0, 0.1) is 0 Å². The van der Waals surface area contributed by atoms with Crippen molar-refractivity contribution in [1.29, 1.82) is 0 Å². The summed E-state index contributed by atoms with van der Waals surface area (Å²) in [6, 6.07) is 13.1. The number of aromatic nitrogens is 1. The first kappa shape index (κ1) is 26.1. The smallest absolute Gasteiger partial charge is 0.338 e. The summed E-state index contributed by atoms with van der Waals surface area (Å²) in [5.41, 5.74) is 7.38. The molecule has 3 heterocycles. The number of methoxy groups -OCH3 is 1. The summed E-state index contributed by atoms with van der Waals surface area (Å²) >= 11 is 1.06. The van der Waals surface area contributed by atoms with Gasteiger partial charge < -0.3 is 15.2 Å². The highest BCUT2D eigenvalue weighted by atomic mass is 32.1. The Morgan fingerprint density at radius 1 is 1.10 bits per heavy atom.